The van der Waals surface area contributed by atoms with Crippen LogP contribution in [-0.2, 0) is 10.0 Å². The summed E-state index contributed by atoms with van der Waals surface area (Å²) in [5.74, 6) is 0.410. The van der Waals surface area contributed by atoms with Crippen LogP contribution in [0.3, 0.4) is 0 Å². The van der Waals surface area contributed by atoms with Gasteiger partial charge >= 0.3 is 0 Å². The Labute approximate surface area is 222 Å². The zero-order valence-corrected chi connectivity index (χ0v) is 22.3. The van der Waals surface area contributed by atoms with Crippen LogP contribution >= 0.6 is 12.2 Å². The summed E-state index contributed by atoms with van der Waals surface area (Å²) in [5.41, 5.74) is 5.08. The third kappa shape index (κ3) is 5.03. The number of anilines is 2. The van der Waals surface area contributed by atoms with Crippen LogP contribution in [0.25, 0.3) is 5.69 Å². The van der Waals surface area contributed by atoms with Crippen molar-refractivity contribution in [2.24, 2.45) is 0 Å². The van der Waals surface area contributed by atoms with E-state index in [2.05, 4.69) is 50.8 Å². The highest BCUT2D eigenvalue weighted by atomic mass is 32.2. The van der Waals surface area contributed by atoms with Crippen LogP contribution in [0.15, 0.2) is 85.2 Å². The highest BCUT2D eigenvalue weighted by Gasteiger charge is 2.42. The number of rotatable bonds is 7. The van der Waals surface area contributed by atoms with Gasteiger partial charge in [-0.05, 0) is 79.3 Å². The lowest BCUT2D eigenvalue weighted by atomic mass is 10.0. The average molecular weight is 534 g/mol. The molecule has 37 heavy (non-hydrogen) atoms. The summed E-state index contributed by atoms with van der Waals surface area (Å²) >= 11 is 5.85. The molecule has 10 heteroatoms. The van der Waals surface area contributed by atoms with Crippen LogP contribution in [0.2, 0.25) is 0 Å². The van der Waals surface area contributed by atoms with E-state index in [1.165, 1.54) is 7.11 Å². The SMILES string of the molecule is COc1ccc(N2C(=S)N[C@H](c3ccccn3)[C@@H]2c2cccn2-c2cccc(C)c2)cc1NS(C)(=O)=O. The number of benzene rings is 2. The molecular weight excluding hydrogens is 506 g/mol. The molecule has 1 saturated heterocycles. The molecule has 5 rings (SSSR count). The molecule has 4 aromatic rings. The monoisotopic (exact) mass is 533 g/mol. The predicted octanol–water partition coefficient (Wildman–Crippen LogP) is 4.74. The molecular formula is C27H27N5O3S2. The molecule has 0 saturated carbocycles. The summed E-state index contributed by atoms with van der Waals surface area (Å²) in [6.45, 7) is 2.07. The zero-order chi connectivity index (χ0) is 26.2. The lowest BCUT2D eigenvalue weighted by Crippen LogP contribution is -2.30. The largest absolute Gasteiger partial charge is 0.495 e. The average Bonchev–Trinajstić information content (AvgIpc) is 3.48. The molecule has 2 N–H and O–H groups in total. The van der Waals surface area contributed by atoms with Gasteiger partial charge in [0.05, 0.1) is 30.8 Å². The van der Waals surface area contributed by atoms with Gasteiger partial charge in [0.1, 0.15) is 11.8 Å². The van der Waals surface area contributed by atoms with Crippen molar-refractivity contribution in [2.45, 2.75) is 19.0 Å². The Kier molecular flexibility index (Phi) is 6.61. The number of methoxy groups -OCH3 is 1. The second-order valence-electron chi connectivity index (χ2n) is 8.90. The standard InChI is InChI=1S/C27H27N5O3S2/c1-18-8-6-9-19(16-18)31-15-7-11-23(31)26-25(21-10-4-5-14-28-21)29-27(36)32(26)20-12-13-24(35-2)22(17-20)30-37(3,33)34/h4-17,25-26,30H,1-3H3,(H,29,36)/t25-,26+/m1/s1. The maximum absolute atomic E-state index is 12.1. The van der Waals surface area contributed by atoms with Gasteiger partial charge in [0.25, 0.3) is 0 Å². The van der Waals surface area contributed by atoms with E-state index in [1.54, 1.807) is 18.3 Å². The van der Waals surface area contributed by atoms with E-state index >= 15 is 0 Å². The molecule has 1 aliphatic rings. The molecule has 0 unspecified atom stereocenters. The Morgan fingerprint density at radius 3 is 2.57 bits per heavy atom. The minimum absolute atomic E-state index is 0.249. The van der Waals surface area contributed by atoms with Gasteiger partial charge in [0.2, 0.25) is 10.0 Å². The van der Waals surface area contributed by atoms with Crippen LogP contribution in [-0.4, -0.2) is 36.4 Å². The second-order valence-corrected chi connectivity index (χ2v) is 11.0. The molecule has 1 fully saturated rings. The van der Waals surface area contributed by atoms with E-state index in [9.17, 15) is 8.42 Å². The highest BCUT2D eigenvalue weighted by Crippen LogP contribution is 2.43. The first-order chi connectivity index (χ1) is 17.7. The van der Waals surface area contributed by atoms with Gasteiger partial charge in [-0.25, -0.2) is 8.42 Å². The van der Waals surface area contributed by atoms with E-state index in [0.717, 1.165) is 28.9 Å². The molecule has 2 aromatic heterocycles. The number of aromatic nitrogens is 2. The topological polar surface area (TPSA) is 88.5 Å². The third-order valence-corrected chi connectivity index (χ3v) is 7.12. The molecule has 0 radical (unpaired) electrons. The number of nitrogens with one attached hydrogen (secondary N) is 2. The summed E-state index contributed by atoms with van der Waals surface area (Å²) in [5, 5.41) is 3.96. The molecule has 1 aliphatic heterocycles. The summed E-state index contributed by atoms with van der Waals surface area (Å²) < 4.78 is 34.2. The van der Waals surface area contributed by atoms with Crippen molar-refractivity contribution in [1.29, 1.82) is 0 Å². The van der Waals surface area contributed by atoms with Crippen molar-refractivity contribution in [1.82, 2.24) is 14.9 Å². The van der Waals surface area contributed by atoms with E-state index in [-0.39, 0.29) is 12.1 Å². The van der Waals surface area contributed by atoms with Crippen molar-refractivity contribution in [3.63, 3.8) is 0 Å². The fraction of sp³-hybridized carbons (Fsp3) is 0.185. The Hall–Kier alpha value is -3.89. The Bertz CT molecular complexity index is 1550. The molecule has 2 atom stereocenters. The smallest absolute Gasteiger partial charge is 0.229 e. The second kappa shape index (κ2) is 9.87. The first-order valence-electron chi connectivity index (χ1n) is 11.7. The third-order valence-electron chi connectivity index (χ3n) is 6.22. The minimum atomic E-state index is -3.53. The molecule has 0 aliphatic carbocycles. The van der Waals surface area contributed by atoms with Crippen LogP contribution in [0, 0.1) is 6.92 Å². The van der Waals surface area contributed by atoms with Crippen molar-refractivity contribution in [3.8, 4) is 11.4 Å². The first kappa shape index (κ1) is 24.8. The number of hydrogen-bond donors (Lipinski definition) is 2. The molecule has 3 heterocycles. The van der Waals surface area contributed by atoms with Crippen molar-refractivity contribution >= 4 is 38.7 Å². The van der Waals surface area contributed by atoms with Crippen LogP contribution in [0.5, 0.6) is 5.75 Å². The normalized spacial score (nSPS) is 17.5. The van der Waals surface area contributed by atoms with Gasteiger partial charge in [0, 0.05) is 29.5 Å². The predicted molar refractivity (Wildman–Crippen MR) is 150 cm³/mol. The van der Waals surface area contributed by atoms with Gasteiger partial charge in [-0.1, -0.05) is 18.2 Å². The molecule has 0 bridgehead atoms. The Morgan fingerprint density at radius 2 is 1.86 bits per heavy atom. The van der Waals surface area contributed by atoms with E-state index in [1.807, 2.05) is 47.5 Å². The van der Waals surface area contributed by atoms with E-state index in [4.69, 9.17) is 17.0 Å². The number of pyridine rings is 1. The van der Waals surface area contributed by atoms with Crippen LogP contribution in [0.4, 0.5) is 11.4 Å². The Morgan fingerprint density at radius 1 is 1.03 bits per heavy atom. The van der Waals surface area contributed by atoms with Gasteiger partial charge in [-0.15, -0.1) is 0 Å². The Balaban J connectivity index is 1.67. The van der Waals surface area contributed by atoms with Gasteiger partial charge in [-0.3, -0.25) is 9.71 Å². The van der Waals surface area contributed by atoms with E-state index < -0.39 is 10.0 Å². The molecule has 2 aromatic carbocycles. The van der Waals surface area contributed by atoms with Crippen LogP contribution in [0.1, 0.15) is 29.0 Å². The van der Waals surface area contributed by atoms with Crippen LogP contribution < -0.4 is 19.7 Å². The number of nitrogens with zero attached hydrogens (tertiary/aromatic N) is 3. The quantitative estimate of drug-likeness (QED) is 0.332. The fourth-order valence-electron chi connectivity index (χ4n) is 4.71. The number of sulfonamides is 1. The number of ether oxygens (including phenoxy) is 1. The van der Waals surface area contributed by atoms with Crippen molar-refractivity contribution in [2.75, 3.05) is 23.0 Å². The van der Waals surface area contributed by atoms with Gasteiger partial charge < -0.3 is 19.5 Å². The fourth-order valence-corrected chi connectivity index (χ4v) is 5.61. The first-order valence-corrected chi connectivity index (χ1v) is 14.0. The number of hydrogen-bond acceptors (Lipinski definition) is 5. The minimum Gasteiger partial charge on any atom is -0.495 e. The molecule has 8 nitrogen and oxygen atoms in total. The lowest BCUT2D eigenvalue weighted by Gasteiger charge is -2.29. The summed E-state index contributed by atoms with van der Waals surface area (Å²) in [6.07, 6.45) is 4.90. The highest BCUT2D eigenvalue weighted by molar-refractivity contribution is 7.92. The number of aryl methyl sites for hydroxylation is 1. The summed E-state index contributed by atoms with van der Waals surface area (Å²) in [4.78, 5) is 6.63. The van der Waals surface area contributed by atoms with Gasteiger partial charge in [0.15, 0.2) is 5.11 Å². The van der Waals surface area contributed by atoms with Gasteiger partial charge in [-0.2, -0.15) is 0 Å². The van der Waals surface area contributed by atoms with Crippen molar-refractivity contribution < 1.29 is 13.2 Å². The maximum Gasteiger partial charge on any atom is 0.229 e. The molecule has 0 spiro atoms. The zero-order valence-electron chi connectivity index (χ0n) is 20.6. The maximum atomic E-state index is 12.1. The lowest BCUT2D eigenvalue weighted by molar-refractivity contribution is 0.417. The molecule has 190 valence electrons. The number of thiocarbonyl (C=S) groups is 1. The van der Waals surface area contributed by atoms with E-state index in [0.29, 0.717) is 22.2 Å². The van der Waals surface area contributed by atoms with Crippen molar-refractivity contribution in [3.05, 3.63) is 102 Å². The molecule has 0 amide bonds. The summed E-state index contributed by atoms with van der Waals surface area (Å²) in [7, 11) is -2.03. The summed E-state index contributed by atoms with van der Waals surface area (Å²) in [6, 6.07) is 23.0.